The highest BCUT2D eigenvalue weighted by Crippen LogP contribution is 2.04. The Bertz CT molecular complexity index is 65.8. The van der Waals surface area contributed by atoms with Gasteiger partial charge in [-0.2, -0.15) is 0 Å². The third-order valence-electron chi connectivity index (χ3n) is 1.91. The van der Waals surface area contributed by atoms with Crippen molar-refractivity contribution in [3.63, 3.8) is 0 Å². The Morgan fingerprint density at radius 3 is 1.56 bits per heavy atom. The topological polar surface area (TPSA) is 0 Å². The molecule has 0 aliphatic heterocycles. The first-order valence-electron chi connectivity index (χ1n) is 3.29. The van der Waals surface area contributed by atoms with Crippen LogP contribution in [0.15, 0.2) is 0 Å². The maximum absolute atomic E-state index is 2.28. The second kappa shape index (κ2) is 4.29. The molecule has 0 heterocycles. The highest BCUT2D eigenvalue weighted by atomic mass is 79.9. The van der Waals surface area contributed by atoms with E-state index in [0.29, 0.717) is 0 Å². The van der Waals surface area contributed by atoms with Gasteiger partial charge in [-0.05, 0) is 13.3 Å². The predicted molar refractivity (Wildman–Crippen MR) is 37.8 cm³/mol. The molecule has 1 atom stereocenters. The number of hydrogen-bond donors (Lipinski definition) is 0. The third-order valence-corrected chi connectivity index (χ3v) is 1.91. The van der Waals surface area contributed by atoms with Crippen LogP contribution in [0.3, 0.4) is 0 Å². The van der Waals surface area contributed by atoms with Crippen molar-refractivity contribution in [3.8, 4) is 0 Å². The number of hydrogen-bond acceptors (Lipinski definition) is 0. The van der Waals surface area contributed by atoms with Gasteiger partial charge in [-0.3, -0.25) is 0 Å². The minimum atomic E-state index is 0. The van der Waals surface area contributed by atoms with Crippen LogP contribution in [0.5, 0.6) is 0 Å². The molecular formula is C7H18BrN. The average Bonchev–Trinajstić information content (AvgIpc) is 1.62. The van der Waals surface area contributed by atoms with Crippen LogP contribution < -0.4 is 17.0 Å². The Hall–Kier alpha value is 0.440. The van der Waals surface area contributed by atoms with Crippen molar-refractivity contribution in [1.82, 2.24) is 0 Å². The van der Waals surface area contributed by atoms with Crippen LogP contribution >= 0.6 is 0 Å². The maximum atomic E-state index is 2.28. The Kier molecular flexibility index (Phi) is 5.79. The van der Waals surface area contributed by atoms with Crippen LogP contribution in [0.1, 0.15) is 20.3 Å². The molecule has 0 spiro atoms. The summed E-state index contributed by atoms with van der Waals surface area (Å²) in [5.41, 5.74) is 0. The van der Waals surface area contributed by atoms with E-state index in [1.807, 2.05) is 0 Å². The highest BCUT2D eigenvalue weighted by Gasteiger charge is 2.14. The van der Waals surface area contributed by atoms with Gasteiger partial charge in [-0.15, -0.1) is 0 Å². The summed E-state index contributed by atoms with van der Waals surface area (Å²) in [6, 6.07) is 0.787. The van der Waals surface area contributed by atoms with Crippen molar-refractivity contribution < 1.29 is 21.5 Å². The summed E-state index contributed by atoms with van der Waals surface area (Å²) in [5, 5.41) is 0. The molecule has 2 heteroatoms. The lowest BCUT2D eigenvalue weighted by Crippen LogP contribution is -3.00. The number of quaternary nitrogens is 1. The van der Waals surface area contributed by atoms with Crippen molar-refractivity contribution in [2.75, 3.05) is 21.1 Å². The fourth-order valence-corrected chi connectivity index (χ4v) is 0.548. The molecule has 1 unspecified atom stereocenters. The SMILES string of the molecule is CCC(C)[N+](C)(C)C.[Br-]. The van der Waals surface area contributed by atoms with Gasteiger partial charge in [0.25, 0.3) is 0 Å². The summed E-state index contributed by atoms with van der Waals surface area (Å²) >= 11 is 0. The van der Waals surface area contributed by atoms with Gasteiger partial charge in [0.1, 0.15) is 0 Å². The summed E-state index contributed by atoms with van der Waals surface area (Å²) in [6.45, 7) is 4.51. The molecule has 9 heavy (non-hydrogen) atoms. The van der Waals surface area contributed by atoms with Gasteiger partial charge in [0.2, 0.25) is 0 Å². The second-order valence-electron chi connectivity index (χ2n) is 3.37. The van der Waals surface area contributed by atoms with Crippen LogP contribution in [0.25, 0.3) is 0 Å². The van der Waals surface area contributed by atoms with Crippen molar-refractivity contribution in [1.29, 1.82) is 0 Å². The molecule has 0 N–H and O–H groups in total. The molecule has 0 aromatic rings. The van der Waals surface area contributed by atoms with Crippen LogP contribution in [-0.4, -0.2) is 31.7 Å². The van der Waals surface area contributed by atoms with Crippen molar-refractivity contribution in [3.05, 3.63) is 0 Å². The number of rotatable bonds is 2. The second-order valence-corrected chi connectivity index (χ2v) is 3.37. The standard InChI is InChI=1S/C7H18N.BrH/c1-6-7(2)8(3,4)5;/h7H,6H2,1-5H3;1H/q+1;/p-1. The maximum Gasteiger partial charge on any atom is 0.0852 e. The lowest BCUT2D eigenvalue weighted by molar-refractivity contribution is -0.894. The molecule has 0 fully saturated rings. The fourth-order valence-electron chi connectivity index (χ4n) is 0.548. The normalized spacial score (nSPS) is 14.3. The lowest BCUT2D eigenvalue weighted by Gasteiger charge is -2.30. The molecule has 0 bridgehead atoms. The van der Waals surface area contributed by atoms with Gasteiger partial charge in [0, 0.05) is 0 Å². The summed E-state index contributed by atoms with van der Waals surface area (Å²) in [5.74, 6) is 0. The molecule has 0 aromatic carbocycles. The largest absolute Gasteiger partial charge is 1.00 e. The molecule has 0 rings (SSSR count). The minimum absolute atomic E-state index is 0. The van der Waals surface area contributed by atoms with Gasteiger partial charge >= 0.3 is 0 Å². The van der Waals surface area contributed by atoms with Crippen molar-refractivity contribution in [2.45, 2.75) is 26.3 Å². The van der Waals surface area contributed by atoms with Crippen molar-refractivity contribution in [2.24, 2.45) is 0 Å². The van der Waals surface area contributed by atoms with Crippen LogP contribution in [0.4, 0.5) is 0 Å². The first-order chi connectivity index (χ1) is 3.48. The van der Waals surface area contributed by atoms with Gasteiger partial charge in [-0.1, -0.05) is 6.92 Å². The smallest absolute Gasteiger partial charge is 0.0852 e. The molecule has 1 nitrogen and oxygen atoms in total. The fraction of sp³-hybridized carbons (Fsp3) is 1.00. The van der Waals surface area contributed by atoms with E-state index in [9.17, 15) is 0 Å². The molecule has 0 amide bonds. The molecule has 58 valence electrons. The van der Waals surface area contributed by atoms with E-state index in [2.05, 4.69) is 35.0 Å². The minimum Gasteiger partial charge on any atom is -1.00 e. The Labute approximate surface area is 69.4 Å². The summed E-state index contributed by atoms with van der Waals surface area (Å²) in [4.78, 5) is 0. The third kappa shape index (κ3) is 4.91. The average molecular weight is 196 g/mol. The molecule has 0 aliphatic carbocycles. The number of nitrogens with zero attached hydrogens (tertiary/aromatic N) is 1. The summed E-state index contributed by atoms with van der Waals surface area (Å²) < 4.78 is 1.08. The Morgan fingerprint density at radius 1 is 1.22 bits per heavy atom. The number of halogens is 1. The van der Waals surface area contributed by atoms with E-state index >= 15 is 0 Å². The van der Waals surface area contributed by atoms with Crippen LogP contribution in [0, 0.1) is 0 Å². The molecule has 0 aliphatic rings. The molecule has 0 radical (unpaired) electrons. The predicted octanol–water partition coefficient (Wildman–Crippen LogP) is -1.50. The molecular weight excluding hydrogens is 178 g/mol. The monoisotopic (exact) mass is 195 g/mol. The van der Waals surface area contributed by atoms with E-state index in [-0.39, 0.29) is 17.0 Å². The van der Waals surface area contributed by atoms with Gasteiger partial charge in [-0.25, -0.2) is 0 Å². The Balaban J connectivity index is 0. The van der Waals surface area contributed by atoms with Gasteiger partial charge < -0.3 is 21.5 Å². The lowest BCUT2D eigenvalue weighted by atomic mass is 10.2. The zero-order valence-corrected chi connectivity index (χ0v) is 8.70. The molecule has 0 aromatic heterocycles. The van der Waals surface area contributed by atoms with E-state index in [0.717, 1.165) is 10.5 Å². The molecule has 0 saturated carbocycles. The Morgan fingerprint density at radius 2 is 1.56 bits per heavy atom. The summed E-state index contributed by atoms with van der Waals surface area (Å²) in [7, 11) is 6.69. The zero-order valence-electron chi connectivity index (χ0n) is 7.11. The zero-order chi connectivity index (χ0) is 6.78. The molecule has 0 saturated heterocycles. The van der Waals surface area contributed by atoms with Gasteiger partial charge in [0.05, 0.1) is 27.2 Å². The van der Waals surface area contributed by atoms with Gasteiger partial charge in [0.15, 0.2) is 0 Å². The first-order valence-corrected chi connectivity index (χ1v) is 3.29. The van der Waals surface area contributed by atoms with E-state index < -0.39 is 0 Å². The van der Waals surface area contributed by atoms with Crippen LogP contribution in [-0.2, 0) is 0 Å². The quantitative estimate of drug-likeness (QED) is 0.471. The van der Waals surface area contributed by atoms with E-state index in [1.165, 1.54) is 6.42 Å². The van der Waals surface area contributed by atoms with E-state index in [4.69, 9.17) is 0 Å². The first kappa shape index (κ1) is 12.1. The van der Waals surface area contributed by atoms with Crippen LogP contribution in [0.2, 0.25) is 0 Å². The van der Waals surface area contributed by atoms with Crippen molar-refractivity contribution >= 4 is 0 Å². The highest BCUT2D eigenvalue weighted by molar-refractivity contribution is 4.41. The van der Waals surface area contributed by atoms with E-state index in [1.54, 1.807) is 0 Å². The summed E-state index contributed by atoms with van der Waals surface area (Å²) in [6.07, 6.45) is 1.27.